The molecule has 0 spiro atoms. The van der Waals surface area contributed by atoms with Gasteiger partial charge in [0.15, 0.2) is 6.29 Å². The Morgan fingerprint density at radius 1 is 1.43 bits per heavy atom. The molecule has 0 aromatic rings. The Labute approximate surface area is 84.0 Å². The molecule has 5 nitrogen and oxygen atoms in total. The maximum atomic E-state index is 8.03. The first-order valence-corrected chi connectivity index (χ1v) is 5.17. The summed E-state index contributed by atoms with van der Waals surface area (Å²) in [6.45, 7) is 2.08. The maximum absolute atomic E-state index is 8.03. The zero-order chi connectivity index (χ0) is 10.1. The fraction of sp³-hybridized carbons (Fsp3) is 1.00. The summed E-state index contributed by atoms with van der Waals surface area (Å²) in [5.74, 6) is 0. The molecule has 5 heteroatoms. The van der Waals surface area contributed by atoms with E-state index in [4.69, 9.17) is 15.0 Å². The van der Waals surface area contributed by atoms with Gasteiger partial charge >= 0.3 is 0 Å². The molecular weight excluding hydrogens is 182 g/mol. The maximum Gasteiger partial charge on any atom is 0.157 e. The van der Waals surface area contributed by atoms with Crippen LogP contribution < -0.4 is 0 Å². The molecule has 0 saturated carbocycles. The summed E-state index contributed by atoms with van der Waals surface area (Å²) in [5, 5.41) is 3.45. The summed E-state index contributed by atoms with van der Waals surface area (Å²) in [6, 6.07) is 0. The summed E-state index contributed by atoms with van der Waals surface area (Å²) in [7, 11) is 0. The zero-order valence-corrected chi connectivity index (χ0v) is 8.39. The van der Waals surface area contributed by atoms with E-state index < -0.39 is 0 Å². The van der Waals surface area contributed by atoms with Crippen molar-refractivity contribution in [2.45, 2.75) is 38.4 Å². The van der Waals surface area contributed by atoms with Crippen molar-refractivity contribution in [2.24, 2.45) is 5.11 Å². The number of hydrogen-bond acceptors (Lipinski definition) is 3. The van der Waals surface area contributed by atoms with Gasteiger partial charge in [-0.05, 0) is 37.6 Å². The number of rotatable bonds is 6. The molecule has 80 valence electrons. The van der Waals surface area contributed by atoms with Gasteiger partial charge in [-0.1, -0.05) is 5.11 Å². The van der Waals surface area contributed by atoms with Crippen molar-refractivity contribution in [3.8, 4) is 0 Å². The molecular formula is C9H17N3O2. The molecule has 1 atom stereocenters. The van der Waals surface area contributed by atoms with Crippen LogP contribution in [0, 0.1) is 0 Å². The molecule has 0 aliphatic carbocycles. The van der Waals surface area contributed by atoms with Crippen LogP contribution in [0.3, 0.4) is 0 Å². The highest BCUT2D eigenvalue weighted by molar-refractivity contribution is 4.54. The highest BCUT2D eigenvalue weighted by Crippen LogP contribution is 2.13. The van der Waals surface area contributed by atoms with Crippen LogP contribution in [-0.2, 0) is 9.47 Å². The molecule has 1 heterocycles. The molecule has 1 rings (SSSR count). The van der Waals surface area contributed by atoms with Gasteiger partial charge in [-0.15, -0.1) is 0 Å². The lowest BCUT2D eigenvalue weighted by Crippen LogP contribution is -2.22. The normalized spacial score (nSPS) is 21.6. The van der Waals surface area contributed by atoms with E-state index in [1.54, 1.807) is 0 Å². The van der Waals surface area contributed by atoms with Crippen LogP contribution in [0.2, 0.25) is 0 Å². The van der Waals surface area contributed by atoms with Crippen LogP contribution in [0.5, 0.6) is 0 Å². The Balaban J connectivity index is 1.89. The van der Waals surface area contributed by atoms with Crippen molar-refractivity contribution >= 4 is 0 Å². The SMILES string of the molecule is [N-]=[N+]=NCCCCOC1CCCCO1. The molecule has 0 N–H and O–H groups in total. The number of hydrogen-bond donors (Lipinski definition) is 0. The summed E-state index contributed by atoms with van der Waals surface area (Å²) >= 11 is 0. The molecule has 0 aromatic carbocycles. The fourth-order valence-corrected chi connectivity index (χ4v) is 1.39. The van der Waals surface area contributed by atoms with Crippen molar-refractivity contribution in [1.29, 1.82) is 0 Å². The number of ether oxygens (including phenoxy) is 2. The van der Waals surface area contributed by atoms with Gasteiger partial charge in [-0.25, -0.2) is 0 Å². The Bertz CT molecular complexity index is 186. The number of unbranched alkanes of at least 4 members (excludes halogenated alkanes) is 1. The minimum absolute atomic E-state index is 0.00298. The molecule has 14 heavy (non-hydrogen) atoms. The van der Waals surface area contributed by atoms with Crippen LogP contribution in [0.25, 0.3) is 10.4 Å². The molecule has 1 aliphatic rings. The van der Waals surface area contributed by atoms with Gasteiger partial charge in [0, 0.05) is 24.7 Å². The van der Waals surface area contributed by atoms with Crippen molar-refractivity contribution < 1.29 is 9.47 Å². The van der Waals surface area contributed by atoms with Gasteiger partial charge in [0.2, 0.25) is 0 Å². The first kappa shape index (κ1) is 11.3. The highest BCUT2D eigenvalue weighted by Gasteiger charge is 2.12. The summed E-state index contributed by atoms with van der Waals surface area (Å²) in [6.07, 6.45) is 5.18. The van der Waals surface area contributed by atoms with E-state index in [0.29, 0.717) is 13.2 Å². The Morgan fingerprint density at radius 3 is 3.07 bits per heavy atom. The molecule has 0 radical (unpaired) electrons. The third kappa shape index (κ3) is 5.07. The monoisotopic (exact) mass is 199 g/mol. The van der Waals surface area contributed by atoms with Crippen molar-refractivity contribution in [1.82, 2.24) is 0 Å². The van der Waals surface area contributed by atoms with Crippen LogP contribution in [0.4, 0.5) is 0 Å². The molecule has 0 aromatic heterocycles. The van der Waals surface area contributed by atoms with E-state index in [1.807, 2.05) is 0 Å². The average Bonchev–Trinajstić information content (AvgIpc) is 2.25. The standard InChI is InChI=1S/C9H17N3O2/c10-12-11-6-2-4-8-14-9-5-1-3-7-13-9/h9H,1-8H2. The van der Waals surface area contributed by atoms with E-state index >= 15 is 0 Å². The zero-order valence-electron chi connectivity index (χ0n) is 8.39. The van der Waals surface area contributed by atoms with Crippen LogP contribution in [-0.4, -0.2) is 26.0 Å². The smallest absolute Gasteiger partial charge is 0.157 e. The Hall–Kier alpha value is -0.770. The van der Waals surface area contributed by atoms with E-state index in [0.717, 1.165) is 32.3 Å². The second-order valence-electron chi connectivity index (χ2n) is 3.33. The van der Waals surface area contributed by atoms with E-state index in [9.17, 15) is 0 Å². The van der Waals surface area contributed by atoms with Gasteiger partial charge in [-0.3, -0.25) is 0 Å². The largest absolute Gasteiger partial charge is 0.353 e. The van der Waals surface area contributed by atoms with Crippen molar-refractivity contribution in [3.05, 3.63) is 10.4 Å². The van der Waals surface area contributed by atoms with Gasteiger partial charge in [0.1, 0.15) is 0 Å². The van der Waals surface area contributed by atoms with E-state index in [2.05, 4.69) is 10.0 Å². The molecule has 1 saturated heterocycles. The number of azide groups is 1. The third-order valence-corrected chi connectivity index (χ3v) is 2.16. The average molecular weight is 199 g/mol. The summed E-state index contributed by atoms with van der Waals surface area (Å²) in [5.41, 5.74) is 8.03. The Kier molecular flexibility index (Phi) is 6.15. The van der Waals surface area contributed by atoms with Crippen LogP contribution in [0.1, 0.15) is 32.1 Å². The lowest BCUT2D eigenvalue weighted by atomic mass is 10.2. The second kappa shape index (κ2) is 7.62. The van der Waals surface area contributed by atoms with Crippen LogP contribution in [0.15, 0.2) is 5.11 Å². The second-order valence-corrected chi connectivity index (χ2v) is 3.33. The summed E-state index contributed by atoms with van der Waals surface area (Å²) in [4.78, 5) is 2.68. The minimum atomic E-state index is 0.00298. The van der Waals surface area contributed by atoms with E-state index in [1.165, 1.54) is 6.42 Å². The Morgan fingerprint density at radius 2 is 2.36 bits per heavy atom. The van der Waals surface area contributed by atoms with Gasteiger partial charge < -0.3 is 9.47 Å². The highest BCUT2D eigenvalue weighted by atomic mass is 16.7. The minimum Gasteiger partial charge on any atom is -0.353 e. The van der Waals surface area contributed by atoms with Gasteiger partial charge in [0.05, 0.1) is 0 Å². The lowest BCUT2D eigenvalue weighted by Gasteiger charge is -2.22. The molecule has 0 amide bonds. The van der Waals surface area contributed by atoms with Crippen molar-refractivity contribution in [3.63, 3.8) is 0 Å². The quantitative estimate of drug-likeness (QED) is 0.285. The van der Waals surface area contributed by atoms with Gasteiger partial charge in [0.25, 0.3) is 0 Å². The first-order chi connectivity index (χ1) is 6.93. The summed E-state index contributed by atoms with van der Waals surface area (Å²) < 4.78 is 10.9. The van der Waals surface area contributed by atoms with E-state index in [-0.39, 0.29) is 6.29 Å². The lowest BCUT2D eigenvalue weighted by molar-refractivity contribution is -0.162. The fourth-order valence-electron chi connectivity index (χ4n) is 1.39. The van der Waals surface area contributed by atoms with Crippen LogP contribution >= 0.6 is 0 Å². The predicted molar refractivity (Wildman–Crippen MR) is 52.8 cm³/mol. The number of nitrogens with zero attached hydrogens (tertiary/aromatic N) is 3. The molecule has 1 aliphatic heterocycles. The van der Waals surface area contributed by atoms with Crippen molar-refractivity contribution in [2.75, 3.05) is 19.8 Å². The molecule has 1 unspecified atom stereocenters. The third-order valence-electron chi connectivity index (χ3n) is 2.16. The predicted octanol–water partition coefficient (Wildman–Crippen LogP) is 2.62. The molecule has 0 bridgehead atoms. The topological polar surface area (TPSA) is 67.2 Å². The molecule has 1 fully saturated rings. The first-order valence-electron chi connectivity index (χ1n) is 5.17. The van der Waals surface area contributed by atoms with Gasteiger partial charge in [-0.2, -0.15) is 0 Å².